The topological polar surface area (TPSA) is 55.1 Å². The molecule has 0 bridgehead atoms. The Hall–Kier alpha value is -1.27. The zero-order chi connectivity index (χ0) is 14.6. The molecule has 1 amide bonds. The maximum Gasteiger partial charge on any atom is 0.416 e. The molecule has 20 heavy (non-hydrogen) atoms. The summed E-state index contributed by atoms with van der Waals surface area (Å²) in [7, 11) is 0. The Morgan fingerprint density at radius 2 is 1.95 bits per heavy atom. The maximum absolute atomic E-state index is 12.5. The smallest absolute Gasteiger partial charge is 0.351 e. The molecule has 0 saturated carbocycles. The number of alkyl halides is 3. The number of carbonyl (C=O) groups excluding carboxylic acids is 1. The van der Waals surface area contributed by atoms with Crippen LogP contribution in [0.25, 0.3) is 0 Å². The van der Waals surface area contributed by atoms with Crippen LogP contribution in [0, 0.1) is 5.92 Å². The third-order valence-corrected chi connectivity index (χ3v) is 2.74. The van der Waals surface area contributed by atoms with E-state index in [4.69, 9.17) is 5.73 Å². The quantitative estimate of drug-likeness (QED) is 0.898. The number of halogens is 4. The van der Waals surface area contributed by atoms with Gasteiger partial charge in [-0.25, -0.2) is 0 Å². The van der Waals surface area contributed by atoms with E-state index in [1.165, 1.54) is 12.1 Å². The number of nitrogens with one attached hydrogen (secondary N) is 1. The van der Waals surface area contributed by atoms with Gasteiger partial charge in [-0.05, 0) is 23.6 Å². The Morgan fingerprint density at radius 1 is 1.35 bits per heavy atom. The lowest BCUT2D eigenvalue weighted by atomic mass is 10.0. The van der Waals surface area contributed by atoms with Gasteiger partial charge < -0.3 is 11.1 Å². The molecule has 0 aliphatic rings. The number of hydrogen-bond donors (Lipinski definition) is 2. The third kappa shape index (κ3) is 5.38. The zero-order valence-corrected chi connectivity index (χ0v) is 12.0. The van der Waals surface area contributed by atoms with E-state index in [0.717, 1.165) is 12.1 Å². The second kappa shape index (κ2) is 7.50. The van der Waals surface area contributed by atoms with Crippen molar-refractivity contribution in [2.75, 3.05) is 0 Å². The Labute approximate surface area is 122 Å². The molecule has 3 N–H and O–H groups in total. The second-order valence-corrected chi connectivity index (χ2v) is 4.69. The first-order valence-electron chi connectivity index (χ1n) is 5.91. The number of hydrogen-bond acceptors (Lipinski definition) is 2. The van der Waals surface area contributed by atoms with E-state index >= 15 is 0 Å². The van der Waals surface area contributed by atoms with Gasteiger partial charge in [0.25, 0.3) is 0 Å². The van der Waals surface area contributed by atoms with Crippen molar-refractivity contribution in [1.29, 1.82) is 0 Å². The van der Waals surface area contributed by atoms with Crippen molar-refractivity contribution in [2.24, 2.45) is 11.7 Å². The highest BCUT2D eigenvalue weighted by Crippen LogP contribution is 2.29. The fraction of sp³-hybridized carbons (Fsp3) is 0.462. The van der Waals surface area contributed by atoms with E-state index in [0.29, 0.717) is 5.56 Å². The van der Waals surface area contributed by atoms with Crippen LogP contribution in [0.3, 0.4) is 0 Å². The molecular formula is C13H18ClF3N2O. The largest absolute Gasteiger partial charge is 0.416 e. The van der Waals surface area contributed by atoms with Crippen LogP contribution in [0.2, 0.25) is 0 Å². The number of benzene rings is 1. The minimum atomic E-state index is -4.38. The van der Waals surface area contributed by atoms with Crippen molar-refractivity contribution in [1.82, 2.24) is 5.32 Å². The van der Waals surface area contributed by atoms with Crippen LogP contribution >= 0.6 is 12.4 Å². The van der Waals surface area contributed by atoms with Gasteiger partial charge in [0, 0.05) is 6.54 Å². The van der Waals surface area contributed by atoms with Gasteiger partial charge in [-0.15, -0.1) is 12.4 Å². The van der Waals surface area contributed by atoms with Crippen molar-refractivity contribution in [3.8, 4) is 0 Å². The summed E-state index contributed by atoms with van der Waals surface area (Å²) in [5.74, 6) is -0.395. The van der Waals surface area contributed by atoms with E-state index < -0.39 is 17.8 Å². The first-order chi connectivity index (χ1) is 8.71. The first-order valence-corrected chi connectivity index (χ1v) is 5.91. The lowest BCUT2D eigenvalue weighted by molar-refractivity contribution is -0.137. The lowest BCUT2D eigenvalue weighted by Crippen LogP contribution is -2.43. The zero-order valence-electron chi connectivity index (χ0n) is 11.2. The molecule has 3 nitrogen and oxygen atoms in total. The van der Waals surface area contributed by atoms with Crippen LogP contribution in [-0.2, 0) is 17.5 Å². The number of amides is 1. The molecule has 0 spiro atoms. The van der Waals surface area contributed by atoms with Crippen molar-refractivity contribution in [3.05, 3.63) is 35.4 Å². The standard InChI is InChI=1S/C13H17F3N2O.ClH/c1-8(2)11(17)12(19)18-7-9-4-3-5-10(6-9)13(14,15)16;/h3-6,8,11H,7,17H2,1-2H3,(H,18,19);1H. The van der Waals surface area contributed by atoms with Gasteiger partial charge >= 0.3 is 6.18 Å². The highest BCUT2D eigenvalue weighted by Gasteiger charge is 2.30. The molecule has 0 heterocycles. The molecule has 0 aliphatic carbocycles. The van der Waals surface area contributed by atoms with Gasteiger partial charge in [0.05, 0.1) is 11.6 Å². The molecule has 1 atom stereocenters. The summed E-state index contributed by atoms with van der Waals surface area (Å²) >= 11 is 0. The first kappa shape index (κ1) is 18.7. The molecular weight excluding hydrogens is 293 g/mol. The summed E-state index contributed by atoms with van der Waals surface area (Å²) in [6, 6.07) is 4.18. The van der Waals surface area contributed by atoms with Crippen molar-refractivity contribution in [2.45, 2.75) is 32.6 Å². The van der Waals surface area contributed by atoms with Gasteiger partial charge in [0.2, 0.25) is 5.91 Å². The Morgan fingerprint density at radius 3 is 2.45 bits per heavy atom. The van der Waals surface area contributed by atoms with E-state index in [1.807, 2.05) is 0 Å². The molecule has 0 aromatic heterocycles. The van der Waals surface area contributed by atoms with Crippen LogP contribution in [-0.4, -0.2) is 11.9 Å². The van der Waals surface area contributed by atoms with Gasteiger partial charge in [-0.2, -0.15) is 13.2 Å². The molecule has 7 heteroatoms. The van der Waals surface area contributed by atoms with E-state index in [-0.39, 0.29) is 30.8 Å². The van der Waals surface area contributed by atoms with Crippen LogP contribution in [0.4, 0.5) is 13.2 Å². The lowest BCUT2D eigenvalue weighted by Gasteiger charge is -2.15. The monoisotopic (exact) mass is 310 g/mol. The normalized spacial score (nSPS) is 12.8. The molecule has 0 saturated heterocycles. The molecule has 1 rings (SSSR count). The molecule has 0 radical (unpaired) electrons. The van der Waals surface area contributed by atoms with Crippen molar-refractivity contribution in [3.63, 3.8) is 0 Å². The van der Waals surface area contributed by atoms with Gasteiger partial charge in [0.15, 0.2) is 0 Å². The summed E-state index contributed by atoms with van der Waals surface area (Å²) < 4.78 is 37.5. The van der Waals surface area contributed by atoms with Gasteiger partial charge in [-0.3, -0.25) is 4.79 Å². The Kier molecular flexibility index (Phi) is 7.02. The SMILES string of the molecule is CC(C)C(N)C(=O)NCc1cccc(C(F)(F)F)c1.Cl. The third-order valence-electron chi connectivity index (χ3n) is 2.74. The molecule has 1 unspecified atom stereocenters. The average Bonchev–Trinajstić information content (AvgIpc) is 2.34. The van der Waals surface area contributed by atoms with Gasteiger partial charge in [-0.1, -0.05) is 26.0 Å². The van der Waals surface area contributed by atoms with Gasteiger partial charge in [0.1, 0.15) is 0 Å². The maximum atomic E-state index is 12.5. The number of nitrogens with two attached hydrogens (primary N) is 1. The molecule has 1 aromatic rings. The molecule has 0 fully saturated rings. The fourth-order valence-corrected chi connectivity index (χ4v) is 1.47. The predicted molar refractivity (Wildman–Crippen MR) is 73.4 cm³/mol. The summed E-state index contributed by atoms with van der Waals surface area (Å²) in [6.45, 7) is 3.63. The van der Waals surface area contributed by atoms with E-state index in [1.54, 1.807) is 13.8 Å². The Bertz CT molecular complexity index is 449. The van der Waals surface area contributed by atoms with E-state index in [9.17, 15) is 18.0 Å². The second-order valence-electron chi connectivity index (χ2n) is 4.69. The number of carbonyl (C=O) groups is 1. The minimum Gasteiger partial charge on any atom is -0.351 e. The highest BCUT2D eigenvalue weighted by atomic mass is 35.5. The molecule has 0 aliphatic heterocycles. The van der Waals surface area contributed by atoms with Crippen LogP contribution in [0.1, 0.15) is 25.0 Å². The Balaban J connectivity index is 0.00000361. The molecule has 1 aromatic carbocycles. The average molecular weight is 311 g/mol. The van der Waals surface area contributed by atoms with Crippen LogP contribution in [0.5, 0.6) is 0 Å². The summed E-state index contributed by atoms with van der Waals surface area (Å²) in [5, 5.41) is 2.53. The number of rotatable bonds is 4. The summed E-state index contributed by atoms with van der Waals surface area (Å²) in [5.41, 5.74) is 5.29. The van der Waals surface area contributed by atoms with Crippen LogP contribution in [0.15, 0.2) is 24.3 Å². The van der Waals surface area contributed by atoms with E-state index in [2.05, 4.69) is 5.32 Å². The summed E-state index contributed by atoms with van der Waals surface area (Å²) in [4.78, 5) is 11.6. The predicted octanol–water partition coefficient (Wildman–Crippen LogP) is 2.73. The highest BCUT2D eigenvalue weighted by molar-refractivity contribution is 5.85. The van der Waals surface area contributed by atoms with Crippen molar-refractivity contribution >= 4 is 18.3 Å². The fourth-order valence-electron chi connectivity index (χ4n) is 1.47. The summed E-state index contributed by atoms with van der Waals surface area (Å²) in [6.07, 6.45) is -4.38. The van der Waals surface area contributed by atoms with Crippen LogP contribution < -0.4 is 11.1 Å². The van der Waals surface area contributed by atoms with Crippen molar-refractivity contribution < 1.29 is 18.0 Å². The molecule has 114 valence electrons. The minimum absolute atomic E-state index is 0.